The molecule has 0 amide bonds. The molecule has 0 bridgehead atoms. The Kier molecular flexibility index (Phi) is 4.22. The molecule has 6 nitrogen and oxygen atoms in total. The summed E-state index contributed by atoms with van der Waals surface area (Å²) >= 11 is 0. The van der Waals surface area contributed by atoms with Gasteiger partial charge in [-0.15, -0.1) is 0 Å². The van der Waals surface area contributed by atoms with Gasteiger partial charge in [-0.25, -0.2) is 4.98 Å². The molecular formula is C18H19N5O. The molecule has 0 aromatic carbocycles. The highest BCUT2D eigenvalue weighted by Gasteiger charge is 2.25. The van der Waals surface area contributed by atoms with Gasteiger partial charge in [0.2, 0.25) is 0 Å². The standard InChI is InChI=1S/C18H19N5O/c1-22(13-6-4-3-5-7-13)17-14(11-20)18(24)23(2)15-9-8-12(10-19)21-16(15)17/h8-9,13H,3-7H2,1-2H3. The van der Waals surface area contributed by atoms with Crippen molar-refractivity contribution in [2.24, 2.45) is 7.05 Å². The molecule has 1 saturated carbocycles. The highest BCUT2D eigenvalue weighted by atomic mass is 16.1. The number of nitrogens with zero attached hydrogens (tertiary/aromatic N) is 5. The second-order valence-electron chi connectivity index (χ2n) is 6.28. The number of hydrogen-bond acceptors (Lipinski definition) is 5. The van der Waals surface area contributed by atoms with Crippen LogP contribution in [0, 0.1) is 22.7 Å². The summed E-state index contributed by atoms with van der Waals surface area (Å²) in [5.74, 6) is 0. The third-order valence-electron chi connectivity index (χ3n) is 4.92. The van der Waals surface area contributed by atoms with Crippen LogP contribution in [0.4, 0.5) is 5.69 Å². The van der Waals surface area contributed by atoms with Gasteiger partial charge in [-0.1, -0.05) is 19.3 Å². The van der Waals surface area contributed by atoms with E-state index in [0.29, 0.717) is 16.7 Å². The summed E-state index contributed by atoms with van der Waals surface area (Å²) in [6, 6.07) is 7.70. The van der Waals surface area contributed by atoms with Crippen LogP contribution in [-0.4, -0.2) is 22.6 Å². The molecule has 122 valence electrons. The Morgan fingerprint density at radius 2 is 1.92 bits per heavy atom. The second kappa shape index (κ2) is 6.33. The zero-order valence-corrected chi connectivity index (χ0v) is 13.9. The first-order valence-corrected chi connectivity index (χ1v) is 8.15. The summed E-state index contributed by atoms with van der Waals surface area (Å²) in [7, 11) is 3.55. The molecule has 2 heterocycles. The van der Waals surface area contributed by atoms with Crippen LogP contribution in [0.15, 0.2) is 16.9 Å². The van der Waals surface area contributed by atoms with E-state index in [9.17, 15) is 10.1 Å². The number of nitriles is 2. The van der Waals surface area contributed by atoms with E-state index >= 15 is 0 Å². The summed E-state index contributed by atoms with van der Waals surface area (Å²) in [5, 5.41) is 18.7. The van der Waals surface area contributed by atoms with Crippen LogP contribution >= 0.6 is 0 Å². The maximum atomic E-state index is 12.6. The molecule has 0 unspecified atom stereocenters. The van der Waals surface area contributed by atoms with Crippen LogP contribution in [-0.2, 0) is 7.05 Å². The van der Waals surface area contributed by atoms with E-state index < -0.39 is 0 Å². The van der Waals surface area contributed by atoms with Gasteiger partial charge < -0.3 is 9.47 Å². The summed E-state index contributed by atoms with van der Waals surface area (Å²) in [6.45, 7) is 0. The van der Waals surface area contributed by atoms with Gasteiger partial charge >= 0.3 is 0 Å². The van der Waals surface area contributed by atoms with Crippen molar-refractivity contribution in [3.05, 3.63) is 33.7 Å². The number of hydrogen-bond donors (Lipinski definition) is 0. The topological polar surface area (TPSA) is 85.7 Å². The summed E-state index contributed by atoms with van der Waals surface area (Å²) in [6.07, 6.45) is 5.60. The first-order valence-electron chi connectivity index (χ1n) is 8.15. The Morgan fingerprint density at radius 1 is 1.21 bits per heavy atom. The van der Waals surface area contributed by atoms with Gasteiger partial charge in [0.15, 0.2) is 0 Å². The third kappa shape index (κ3) is 2.51. The van der Waals surface area contributed by atoms with Crippen molar-refractivity contribution in [1.82, 2.24) is 9.55 Å². The summed E-state index contributed by atoms with van der Waals surface area (Å²) < 4.78 is 1.43. The minimum Gasteiger partial charge on any atom is -0.369 e. The van der Waals surface area contributed by atoms with Gasteiger partial charge in [0.1, 0.15) is 28.9 Å². The van der Waals surface area contributed by atoms with E-state index in [1.54, 1.807) is 19.2 Å². The van der Waals surface area contributed by atoms with Crippen LogP contribution in [0.1, 0.15) is 43.4 Å². The second-order valence-corrected chi connectivity index (χ2v) is 6.28. The van der Waals surface area contributed by atoms with E-state index in [1.165, 1.54) is 11.0 Å². The van der Waals surface area contributed by atoms with Crippen molar-refractivity contribution in [2.75, 3.05) is 11.9 Å². The molecule has 6 heteroatoms. The fraction of sp³-hybridized carbons (Fsp3) is 0.444. The molecule has 0 atom stereocenters. The minimum absolute atomic E-state index is 0.0978. The lowest BCUT2D eigenvalue weighted by atomic mass is 9.93. The van der Waals surface area contributed by atoms with Gasteiger partial charge in [-0.2, -0.15) is 10.5 Å². The lowest BCUT2D eigenvalue weighted by Gasteiger charge is -2.33. The summed E-state index contributed by atoms with van der Waals surface area (Å²) in [4.78, 5) is 19.0. The number of anilines is 1. The highest BCUT2D eigenvalue weighted by molar-refractivity contribution is 5.92. The van der Waals surface area contributed by atoms with Crippen molar-refractivity contribution in [1.29, 1.82) is 10.5 Å². The van der Waals surface area contributed by atoms with Crippen molar-refractivity contribution >= 4 is 16.7 Å². The van der Waals surface area contributed by atoms with Gasteiger partial charge in [0.25, 0.3) is 5.56 Å². The number of aromatic nitrogens is 2. The molecule has 3 rings (SSSR count). The van der Waals surface area contributed by atoms with Crippen molar-refractivity contribution in [2.45, 2.75) is 38.1 Å². The molecular weight excluding hydrogens is 302 g/mol. The number of rotatable bonds is 2. The van der Waals surface area contributed by atoms with Crippen LogP contribution < -0.4 is 10.5 Å². The van der Waals surface area contributed by atoms with E-state index in [-0.39, 0.29) is 22.9 Å². The maximum Gasteiger partial charge on any atom is 0.270 e. The molecule has 1 fully saturated rings. The van der Waals surface area contributed by atoms with Crippen molar-refractivity contribution in [3.8, 4) is 12.1 Å². The maximum absolute atomic E-state index is 12.6. The molecule has 1 aliphatic rings. The van der Waals surface area contributed by atoms with Crippen LogP contribution in [0.2, 0.25) is 0 Å². The molecule has 0 aliphatic heterocycles. The van der Waals surface area contributed by atoms with Crippen molar-refractivity contribution in [3.63, 3.8) is 0 Å². The normalized spacial score (nSPS) is 15.0. The largest absolute Gasteiger partial charge is 0.369 e. The third-order valence-corrected chi connectivity index (χ3v) is 4.92. The minimum atomic E-state index is -0.325. The van der Waals surface area contributed by atoms with E-state index in [0.717, 1.165) is 25.7 Å². The Labute approximate surface area is 140 Å². The Morgan fingerprint density at radius 3 is 2.54 bits per heavy atom. The van der Waals surface area contributed by atoms with Gasteiger partial charge in [-0.3, -0.25) is 4.79 Å². The molecule has 0 radical (unpaired) electrons. The quantitative estimate of drug-likeness (QED) is 0.848. The molecule has 2 aromatic rings. The first kappa shape index (κ1) is 16.0. The van der Waals surface area contributed by atoms with Gasteiger partial charge in [0, 0.05) is 20.1 Å². The number of aryl methyl sites for hydroxylation is 1. The van der Waals surface area contributed by atoms with Crippen molar-refractivity contribution < 1.29 is 0 Å². The monoisotopic (exact) mass is 321 g/mol. The lowest BCUT2D eigenvalue weighted by Crippen LogP contribution is -2.36. The molecule has 1 aliphatic carbocycles. The van der Waals surface area contributed by atoms with E-state index in [4.69, 9.17) is 5.26 Å². The average molecular weight is 321 g/mol. The molecule has 0 saturated heterocycles. The van der Waals surface area contributed by atoms with E-state index in [2.05, 4.69) is 11.1 Å². The number of pyridine rings is 2. The molecule has 0 N–H and O–H groups in total. The fourth-order valence-electron chi connectivity index (χ4n) is 3.55. The van der Waals surface area contributed by atoms with Crippen LogP contribution in [0.3, 0.4) is 0 Å². The van der Waals surface area contributed by atoms with Gasteiger partial charge in [0.05, 0.1) is 11.2 Å². The smallest absolute Gasteiger partial charge is 0.270 e. The zero-order chi connectivity index (χ0) is 17.3. The number of fused-ring (bicyclic) bond motifs is 1. The predicted molar refractivity (Wildman–Crippen MR) is 91.7 cm³/mol. The SMILES string of the molecule is CN(c1c(C#N)c(=O)n(C)c2ccc(C#N)nc12)C1CCCCC1. The van der Waals surface area contributed by atoms with Crippen LogP contribution in [0.5, 0.6) is 0 Å². The first-order chi connectivity index (χ1) is 11.6. The highest BCUT2D eigenvalue weighted by Crippen LogP contribution is 2.31. The lowest BCUT2D eigenvalue weighted by molar-refractivity contribution is 0.428. The van der Waals surface area contributed by atoms with Crippen LogP contribution in [0.25, 0.3) is 11.0 Å². The Balaban J connectivity index is 2.31. The fourth-order valence-corrected chi connectivity index (χ4v) is 3.55. The zero-order valence-electron chi connectivity index (χ0n) is 13.9. The Bertz CT molecular complexity index is 926. The summed E-state index contributed by atoms with van der Waals surface area (Å²) in [5.41, 5.74) is 1.79. The molecule has 24 heavy (non-hydrogen) atoms. The predicted octanol–water partition coefficient (Wildman–Crippen LogP) is 2.45. The Hall–Kier alpha value is -2.86. The van der Waals surface area contributed by atoms with Gasteiger partial charge in [-0.05, 0) is 25.0 Å². The molecule has 0 spiro atoms. The van der Waals surface area contributed by atoms with E-state index in [1.807, 2.05) is 18.0 Å². The average Bonchev–Trinajstić information content (AvgIpc) is 2.64. The molecule has 2 aromatic heterocycles.